The molecule has 0 amide bonds. The molecule has 0 fully saturated rings. The molecular weight excluding hydrogens is 119 g/mol. The summed E-state index contributed by atoms with van der Waals surface area (Å²) < 4.78 is 33.7. The Bertz CT molecular complexity index is 81.4. The molecule has 0 N–H and O–H groups in total. The van der Waals surface area contributed by atoms with Crippen LogP contribution in [0.15, 0.2) is 12.2 Å². The van der Waals surface area contributed by atoms with Crippen LogP contribution in [0.1, 0.15) is 6.92 Å². The minimum absolute atomic E-state index is 0.750. The molecule has 0 aliphatic rings. The molecule has 0 rings (SSSR count). The van der Waals surface area contributed by atoms with Gasteiger partial charge in [0.15, 0.2) is 0 Å². The minimum atomic E-state index is -2.26. The normalized spacial score (nSPS) is 15.6. The van der Waals surface area contributed by atoms with Gasteiger partial charge in [-0.2, -0.15) is 0 Å². The highest BCUT2D eigenvalue weighted by atomic mass is 19.4. The van der Waals surface area contributed by atoms with Gasteiger partial charge >= 0.3 is 0 Å². The van der Waals surface area contributed by atoms with Gasteiger partial charge in [0, 0.05) is 0 Å². The molecule has 4 heteroatoms. The van der Waals surface area contributed by atoms with Crippen molar-refractivity contribution in [2.75, 3.05) is 0 Å². The van der Waals surface area contributed by atoms with Crippen LogP contribution in [0.4, 0.5) is 13.4 Å². The third kappa shape index (κ3) is 2.63. The molecule has 1 nitrogen and oxygen atoms in total. The van der Waals surface area contributed by atoms with E-state index in [4.69, 9.17) is 0 Å². The highest BCUT2D eigenvalue weighted by Gasteiger charge is 2.10. The van der Waals surface area contributed by atoms with Crippen LogP contribution in [0.25, 0.3) is 0 Å². The Balaban J connectivity index is 3.47. The van der Waals surface area contributed by atoms with Crippen molar-refractivity contribution in [1.29, 1.82) is 0 Å². The number of hydrogen-bond acceptors (Lipinski definition) is 1. The zero-order valence-electron chi connectivity index (χ0n) is 4.31. The predicted molar refractivity (Wildman–Crippen MR) is 23.8 cm³/mol. The molecule has 0 aromatic heterocycles. The van der Waals surface area contributed by atoms with Crippen molar-refractivity contribution in [2.24, 2.45) is 0 Å². The van der Waals surface area contributed by atoms with Crippen LogP contribution in [0.2, 0.25) is 0 Å². The lowest BCUT2D eigenvalue weighted by Gasteiger charge is -1.98. The monoisotopic (exact) mass is 125 g/mol. The van der Waals surface area contributed by atoms with Gasteiger partial charge in [0.05, 0.1) is 5.34 Å². The summed E-state index contributed by atoms with van der Waals surface area (Å²) in [6.45, 7) is 1.47. The lowest BCUT2D eigenvalue weighted by atomic mass is 10.5. The van der Waals surface area contributed by atoms with Crippen molar-refractivity contribution >= 4 is 0 Å². The van der Waals surface area contributed by atoms with E-state index in [1.165, 1.54) is 13.0 Å². The molecule has 0 saturated heterocycles. The first-order valence-corrected chi connectivity index (χ1v) is 2.06. The van der Waals surface area contributed by atoms with Crippen molar-refractivity contribution < 1.29 is 13.4 Å². The maximum absolute atomic E-state index is 11.6. The van der Waals surface area contributed by atoms with E-state index in [1.807, 2.05) is 0 Å². The summed E-state index contributed by atoms with van der Waals surface area (Å²) in [6, 6.07) is 0. The Morgan fingerprint density at radius 1 is 1.50 bits per heavy atom. The van der Waals surface area contributed by atoms with Crippen LogP contribution in [-0.4, -0.2) is 11.6 Å². The minimum Gasteiger partial charge on any atom is -0.220 e. The topological polar surface area (TPSA) is 3.24 Å². The second-order valence-electron chi connectivity index (χ2n) is 1.16. The van der Waals surface area contributed by atoms with E-state index in [9.17, 15) is 13.4 Å². The van der Waals surface area contributed by atoms with Crippen LogP contribution in [0.3, 0.4) is 0 Å². The van der Waals surface area contributed by atoms with Gasteiger partial charge in [-0.1, -0.05) is 15.0 Å². The molecule has 0 heterocycles. The largest absolute Gasteiger partial charge is 0.230 e. The first-order valence-electron chi connectivity index (χ1n) is 2.06. The number of nitrogens with zero attached hydrogens (tertiary/aromatic N) is 1. The molecule has 0 aromatic carbocycles. The summed E-state index contributed by atoms with van der Waals surface area (Å²) in [5, 5.41) is -1.50. The van der Waals surface area contributed by atoms with Crippen molar-refractivity contribution in [3.8, 4) is 0 Å². The number of hydrogen-bond donors (Lipinski definition) is 0. The Hall–Kier alpha value is -0.510. The summed E-state index contributed by atoms with van der Waals surface area (Å²) in [5.74, 6) is 0. The molecule has 0 radical (unpaired) electrons. The van der Waals surface area contributed by atoms with Crippen LogP contribution < -0.4 is 0 Å². The maximum atomic E-state index is 11.6. The Morgan fingerprint density at radius 3 is 2.12 bits per heavy atom. The zero-order chi connectivity index (χ0) is 6.57. The van der Waals surface area contributed by atoms with Gasteiger partial charge in [-0.25, -0.2) is 4.39 Å². The van der Waals surface area contributed by atoms with Gasteiger partial charge in [0.1, 0.15) is 0 Å². The fraction of sp³-hybridized carbons (Fsp3) is 0.500. The molecule has 0 aliphatic carbocycles. The molecule has 0 saturated carbocycles. The molecule has 0 aromatic rings. The average Bonchev–Trinajstić information content (AvgIpc) is 1.67. The lowest BCUT2D eigenvalue weighted by molar-refractivity contribution is -0.207. The molecule has 1 atom stereocenters. The first kappa shape index (κ1) is 7.49. The quantitative estimate of drug-likeness (QED) is 0.309. The number of allylic oxidation sites excluding steroid dienone is 1. The summed E-state index contributed by atoms with van der Waals surface area (Å²) in [7, 11) is 0. The molecule has 8 heavy (non-hydrogen) atoms. The molecule has 0 bridgehead atoms. The summed E-state index contributed by atoms with van der Waals surface area (Å²) in [4.78, 5) is 0. The van der Waals surface area contributed by atoms with E-state index in [-0.39, 0.29) is 0 Å². The van der Waals surface area contributed by atoms with Gasteiger partial charge in [-0.3, -0.25) is 0 Å². The Kier molecular flexibility index (Phi) is 3.26. The molecular formula is C4H6F3N. The number of rotatable bonds is 2. The van der Waals surface area contributed by atoms with Crippen LogP contribution in [0.5, 0.6) is 0 Å². The van der Waals surface area contributed by atoms with E-state index < -0.39 is 11.6 Å². The first-order chi connectivity index (χ1) is 3.68. The van der Waals surface area contributed by atoms with Crippen LogP contribution in [0, 0.1) is 0 Å². The molecule has 48 valence electrons. The van der Waals surface area contributed by atoms with Crippen molar-refractivity contribution in [2.45, 2.75) is 13.2 Å². The highest BCUT2D eigenvalue weighted by Crippen LogP contribution is 2.02. The van der Waals surface area contributed by atoms with E-state index >= 15 is 0 Å². The van der Waals surface area contributed by atoms with Gasteiger partial charge in [-0.05, 0) is 13.0 Å². The summed E-state index contributed by atoms with van der Waals surface area (Å²) in [5.41, 5.74) is 0. The van der Waals surface area contributed by atoms with Gasteiger partial charge in [0.25, 0.3) is 0 Å². The average molecular weight is 125 g/mol. The van der Waals surface area contributed by atoms with Gasteiger partial charge in [0.2, 0.25) is 6.30 Å². The highest BCUT2D eigenvalue weighted by molar-refractivity contribution is 4.81. The lowest BCUT2D eigenvalue weighted by Crippen LogP contribution is -2.11. The molecule has 0 aliphatic heterocycles. The Labute approximate surface area is 45.3 Å². The van der Waals surface area contributed by atoms with E-state index in [0.717, 1.165) is 6.08 Å². The molecule has 1 unspecified atom stereocenters. The van der Waals surface area contributed by atoms with Crippen molar-refractivity contribution in [1.82, 2.24) is 5.34 Å². The second kappa shape index (κ2) is 3.49. The van der Waals surface area contributed by atoms with Crippen molar-refractivity contribution in [3.63, 3.8) is 0 Å². The summed E-state index contributed by atoms with van der Waals surface area (Å²) >= 11 is 0. The second-order valence-corrected chi connectivity index (χ2v) is 1.16. The van der Waals surface area contributed by atoms with Crippen LogP contribution in [-0.2, 0) is 0 Å². The van der Waals surface area contributed by atoms with E-state index in [1.54, 1.807) is 0 Å². The van der Waals surface area contributed by atoms with Gasteiger partial charge < -0.3 is 0 Å². The standard InChI is InChI=1S/C4H6F3N/c1-2-3-4(5)8(6)7/h2-4H,1H3/b3-2+. The number of halogens is 3. The van der Waals surface area contributed by atoms with Gasteiger partial charge in [-0.15, -0.1) is 0 Å². The Morgan fingerprint density at radius 2 is 2.00 bits per heavy atom. The van der Waals surface area contributed by atoms with E-state index in [0.29, 0.717) is 0 Å². The molecule has 0 spiro atoms. The predicted octanol–water partition coefficient (Wildman–Crippen LogP) is 1.93. The number of alkyl halides is 1. The zero-order valence-corrected chi connectivity index (χ0v) is 4.31. The van der Waals surface area contributed by atoms with Crippen LogP contribution >= 0.6 is 0 Å². The third-order valence-corrected chi connectivity index (χ3v) is 0.538. The fourth-order valence-corrected chi connectivity index (χ4v) is 0.224. The van der Waals surface area contributed by atoms with E-state index in [2.05, 4.69) is 0 Å². The fourth-order valence-electron chi connectivity index (χ4n) is 0.224. The third-order valence-electron chi connectivity index (χ3n) is 0.538. The SMILES string of the molecule is C/C=C/C(F)N(F)F. The smallest absolute Gasteiger partial charge is 0.220 e. The van der Waals surface area contributed by atoms with Crippen molar-refractivity contribution in [3.05, 3.63) is 12.2 Å². The summed E-state index contributed by atoms with van der Waals surface area (Å²) in [6.07, 6.45) is -0.295. The maximum Gasteiger partial charge on any atom is 0.230 e.